The molecule has 0 aromatic carbocycles. The Kier molecular flexibility index (Phi) is 41.5. The van der Waals surface area contributed by atoms with Crippen LogP contribution in [0, 0.1) is 0 Å². The molecule has 0 saturated heterocycles. The Hall–Kier alpha value is -3.57. The van der Waals surface area contributed by atoms with Crippen LogP contribution in [0.2, 0.25) is 0 Å². The molecule has 3 amide bonds. The molecular weight excluding hydrogens is 805 g/mol. The number of nitrogens with one attached hydrogen (secondary N) is 4. The minimum Gasteiger partial charge on any atom is -0.503 e. The number of carbonyl (C=O) groups is 5. The third kappa shape index (κ3) is 40.5. The summed E-state index contributed by atoms with van der Waals surface area (Å²) >= 11 is 0. The van der Waals surface area contributed by atoms with Crippen molar-refractivity contribution in [3.05, 3.63) is 18.1 Å². The number of aliphatic hydroxyl groups excluding tert-OH is 1. The standard InChI is InChI=1S/C45H82N4O13/c1-3-40(50)38(49-43(53)21-16-14-12-10-8-6-4-5-7-9-11-13-15-17-22-44(54)55)23-24-41(51)48-27-29-59-31-33-61-35-37-62-36-34-60-32-30-58-28-25-42(52)47-26-19-18-20-39(46-2)45(56)57/h38-39,46,50H,1,4-37H2,2H3,(H,47,52)(H,48,51)(H,49,53)(H,54,55)(H,56,57)/t38?,39-/m0/s1. The van der Waals surface area contributed by atoms with Gasteiger partial charge in [0.25, 0.3) is 0 Å². The van der Waals surface area contributed by atoms with Crippen LogP contribution >= 0.6 is 0 Å². The van der Waals surface area contributed by atoms with E-state index in [9.17, 15) is 29.1 Å². The van der Waals surface area contributed by atoms with Crippen molar-refractivity contribution in [3.8, 4) is 0 Å². The minimum absolute atomic E-state index is 0.105. The van der Waals surface area contributed by atoms with Crippen LogP contribution in [0.15, 0.2) is 18.1 Å². The van der Waals surface area contributed by atoms with Crippen molar-refractivity contribution < 1.29 is 63.0 Å². The van der Waals surface area contributed by atoms with E-state index in [0.717, 1.165) is 44.9 Å². The number of carboxylic acid groups (broad SMARTS) is 2. The molecule has 0 aromatic rings. The van der Waals surface area contributed by atoms with Crippen molar-refractivity contribution in [3.63, 3.8) is 0 Å². The Morgan fingerprint density at radius 1 is 0.468 bits per heavy atom. The van der Waals surface area contributed by atoms with E-state index >= 15 is 0 Å². The molecule has 0 saturated carbocycles. The van der Waals surface area contributed by atoms with Crippen molar-refractivity contribution in [2.24, 2.45) is 0 Å². The average molecular weight is 887 g/mol. The van der Waals surface area contributed by atoms with Crippen molar-refractivity contribution in [2.75, 3.05) is 86.2 Å². The summed E-state index contributed by atoms with van der Waals surface area (Å²) in [5, 5.41) is 39.0. The minimum atomic E-state index is -0.874. The van der Waals surface area contributed by atoms with Gasteiger partial charge in [-0.15, -0.1) is 0 Å². The van der Waals surface area contributed by atoms with Gasteiger partial charge in [-0.25, -0.2) is 0 Å². The number of carbonyl (C=O) groups excluding carboxylic acids is 3. The Morgan fingerprint density at radius 2 is 0.903 bits per heavy atom. The van der Waals surface area contributed by atoms with Crippen molar-refractivity contribution >= 4 is 29.7 Å². The first-order valence-corrected chi connectivity index (χ1v) is 23.0. The number of amides is 3. The van der Waals surface area contributed by atoms with Gasteiger partial charge in [-0.2, -0.15) is 0 Å². The summed E-state index contributed by atoms with van der Waals surface area (Å²) < 4.78 is 27.3. The van der Waals surface area contributed by atoms with Gasteiger partial charge in [-0.3, -0.25) is 24.0 Å². The molecule has 0 bridgehead atoms. The van der Waals surface area contributed by atoms with Gasteiger partial charge in [0.1, 0.15) is 6.04 Å². The molecule has 360 valence electrons. The van der Waals surface area contributed by atoms with E-state index in [1.165, 1.54) is 44.9 Å². The third-order valence-electron chi connectivity index (χ3n) is 9.97. The smallest absolute Gasteiger partial charge is 0.320 e. The largest absolute Gasteiger partial charge is 0.503 e. The predicted molar refractivity (Wildman–Crippen MR) is 237 cm³/mol. The van der Waals surface area contributed by atoms with E-state index in [1.54, 1.807) is 7.05 Å². The molecule has 0 heterocycles. The normalized spacial score (nSPS) is 12.0. The lowest BCUT2D eigenvalue weighted by molar-refractivity contribution is -0.139. The first-order chi connectivity index (χ1) is 30.1. The van der Waals surface area contributed by atoms with Crippen LogP contribution in [0.4, 0.5) is 0 Å². The van der Waals surface area contributed by atoms with Gasteiger partial charge in [0, 0.05) is 38.8 Å². The summed E-state index contributed by atoms with van der Waals surface area (Å²) in [6, 6.07) is -1.29. The molecule has 0 fully saturated rings. The third-order valence-corrected chi connectivity index (χ3v) is 9.97. The lowest BCUT2D eigenvalue weighted by atomic mass is 10.0. The molecule has 0 aliphatic rings. The summed E-state index contributed by atoms with van der Waals surface area (Å²) in [4.78, 5) is 58.2. The van der Waals surface area contributed by atoms with E-state index in [0.29, 0.717) is 105 Å². The highest BCUT2D eigenvalue weighted by Gasteiger charge is 2.18. The fourth-order valence-corrected chi connectivity index (χ4v) is 6.30. The Balaban J connectivity index is 3.64. The van der Waals surface area contributed by atoms with Crippen LogP contribution in [0.5, 0.6) is 0 Å². The molecule has 62 heavy (non-hydrogen) atoms. The number of aliphatic hydroxyl groups is 1. The molecule has 0 aliphatic carbocycles. The van der Waals surface area contributed by atoms with Crippen molar-refractivity contribution in [1.29, 1.82) is 0 Å². The summed E-state index contributed by atoms with van der Waals surface area (Å²) in [6.45, 7) is 8.01. The average Bonchev–Trinajstić information content (AvgIpc) is 3.25. The van der Waals surface area contributed by atoms with Gasteiger partial charge in [-0.1, -0.05) is 89.4 Å². The number of carboxylic acids is 2. The summed E-state index contributed by atoms with van der Waals surface area (Å²) in [5.41, 5.74) is 2.43. The quantitative estimate of drug-likeness (QED) is 0.0232. The number of hydrogen-bond donors (Lipinski definition) is 7. The second-order valence-electron chi connectivity index (χ2n) is 15.3. The second kappa shape index (κ2) is 44.1. The van der Waals surface area contributed by atoms with Crippen molar-refractivity contribution in [2.45, 2.75) is 153 Å². The number of hydrogen-bond acceptors (Lipinski definition) is 12. The van der Waals surface area contributed by atoms with Crippen LogP contribution in [0.3, 0.4) is 0 Å². The maximum Gasteiger partial charge on any atom is 0.320 e. The lowest BCUT2D eigenvalue weighted by Crippen LogP contribution is -2.37. The molecule has 7 N–H and O–H groups in total. The molecule has 2 atom stereocenters. The van der Waals surface area contributed by atoms with Gasteiger partial charge in [-0.05, 0) is 45.6 Å². The monoisotopic (exact) mass is 887 g/mol. The van der Waals surface area contributed by atoms with Crippen LogP contribution in [-0.2, 0) is 47.7 Å². The van der Waals surface area contributed by atoms with Crippen LogP contribution in [0.25, 0.3) is 0 Å². The van der Waals surface area contributed by atoms with Crippen LogP contribution < -0.4 is 21.3 Å². The Bertz CT molecular complexity index is 1200. The number of likely N-dealkylation sites (N-methyl/N-ethyl adjacent to an activating group) is 1. The van der Waals surface area contributed by atoms with E-state index in [4.69, 9.17) is 33.9 Å². The highest BCUT2D eigenvalue weighted by atomic mass is 16.6. The summed E-state index contributed by atoms with van der Waals surface area (Å²) in [5.74, 6) is -2.26. The zero-order chi connectivity index (χ0) is 45.7. The highest BCUT2D eigenvalue weighted by molar-refractivity contribution is 5.78. The van der Waals surface area contributed by atoms with E-state index < -0.39 is 24.0 Å². The molecule has 17 heteroatoms. The van der Waals surface area contributed by atoms with E-state index in [-0.39, 0.29) is 49.2 Å². The van der Waals surface area contributed by atoms with Gasteiger partial charge in [0.2, 0.25) is 17.7 Å². The topological polar surface area (TPSA) is 240 Å². The van der Waals surface area contributed by atoms with E-state index in [1.807, 2.05) is 0 Å². The maximum absolute atomic E-state index is 12.5. The molecule has 17 nitrogen and oxygen atoms in total. The lowest BCUT2D eigenvalue weighted by Gasteiger charge is -2.17. The maximum atomic E-state index is 12.5. The van der Waals surface area contributed by atoms with Crippen LogP contribution in [-0.4, -0.2) is 143 Å². The van der Waals surface area contributed by atoms with Gasteiger partial charge in [0.15, 0.2) is 5.76 Å². The number of ether oxygens (including phenoxy) is 5. The SMILES string of the molecule is C=C=C(O)C(CCC(=O)NCCOCCOCCOCCOCCOCCC(=O)NCCCC[C@H](NC)C(=O)O)NC(=O)CCCCCCCCCCCCCCCCC(=O)O. The molecule has 0 aromatic heterocycles. The van der Waals surface area contributed by atoms with Crippen LogP contribution in [0.1, 0.15) is 141 Å². The van der Waals surface area contributed by atoms with E-state index in [2.05, 4.69) is 33.6 Å². The fraction of sp³-hybridized carbons (Fsp3) is 0.822. The Labute approximate surface area is 370 Å². The molecule has 0 radical (unpaired) electrons. The summed E-state index contributed by atoms with van der Waals surface area (Å²) in [6.07, 6.45) is 18.6. The molecule has 1 unspecified atom stereocenters. The molecule has 0 rings (SSSR count). The van der Waals surface area contributed by atoms with Gasteiger partial charge < -0.3 is 60.3 Å². The zero-order valence-electron chi connectivity index (χ0n) is 37.8. The molecule has 0 spiro atoms. The fourth-order valence-electron chi connectivity index (χ4n) is 6.30. The second-order valence-corrected chi connectivity index (χ2v) is 15.3. The predicted octanol–water partition coefficient (Wildman–Crippen LogP) is 5.35. The first-order valence-electron chi connectivity index (χ1n) is 23.0. The first kappa shape index (κ1) is 58.4. The van der Waals surface area contributed by atoms with Gasteiger partial charge in [0.05, 0.1) is 72.1 Å². The number of rotatable bonds is 47. The highest BCUT2D eigenvalue weighted by Crippen LogP contribution is 2.14. The van der Waals surface area contributed by atoms with Gasteiger partial charge >= 0.3 is 11.9 Å². The molecule has 0 aliphatic heterocycles. The Morgan fingerprint density at radius 3 is 1.37 bits per heavy atom. The zero-order valence-corrected chi connectivity index (χ0v) is 37.8. The molecular formula is C45H82N4O13. The number of unbranched alkanes of at least 4 members (excludes halogenated alkanes) is 14. The number of aliphatic carboxylic acids is 2. The van der Waals surface area contributed by atoms with Crippen molar-refractivity contribution in [1.82, 2.24) is 21.3 Å². The summed E-state index contributed by atoms with van der Waals surface area (Å²) in [7, 11) is 1.62.